The van der Waals surface area contributed by atoms with Crippen molar-refractivity contribution >= 4 is 44.0 Å². The van der Waals surface area contributed by atoms with E-state index in [1.807, 2.05) is 0 Å². The Bertz CT molecular complexity index is 1780. The fourth-order valence-corrected chi connectivity index (χ4v) is 6.18. The normalized spacial score (nSPS) is 12.2. The number of carbonyl (C=O) groups is 1. The average molecular weight is 651 g/mol. The van der Waals surface area contributed by atoms with E-state index in [0.29, 0.717) is 35.4 Å². The molecule has 0 aromatic heterocycles. The molecular weight excluding hydrogens is 608 g/mol. The van der Waals surface area contributed by atoms with Crippen molar-refractivity contribution in [1.29, 1.82) is 0 Å². The first-order valence-corrected chi connectivity index (χ1v) is 17.2. The monoisotopic (exact) mass is 650 g/mol. The number of amides is 1. The quantitative estimate of drug-likeness (QED) is 0.0993. The number of nitrogens with one attached hydrogen (secondary N) is 2. The summed E-state index contributed by atoms with van der Waals surface area (Å²) in [5, 5.41) is 15.0. The van der Waals surface area contributed by atoms with Crippen LogP contribution in [0.15, 0.2) is 77.7 Å². The molecule has 0 spiro atoms. The van der Waals surface area contributed by atoms with E-state index in [9.17, 15) is 18.3 Å². The molecule has 0 aliphatic heterocycles. The zero-order valence-electron chi connectivity index (χ0n) is 26.8. The van der Waals surface area contributed by atoms with Crippen molar-refractivity contribution in [3.05, 3.63) is 94.5 Å². The van der Waals surface area contributed by atoms with Crippen molar-refractivity contribution < 1.29 is 23.1 Å². The van der Waals surface area contributed by atoms with Gasteiger partial charge in [-0.3, -0.25) is 9.52 Å². The van der Waals surface area contributed by atoms with E-state index in [-0.39, 0.29) is 32.7 Å². The second kappa shape index (κ2) is 13.7. The molecule has 7 nitrogen and oxygen atoms in total. The Balaban J connectivity index is 1.48. The Morgan fingerprint density at radius 1 is 0.889 bits per heavy atom. The standard InChI is InChI=1S/C36H43ClN2O5S/c1-7-35(3,4)24-14-19-32(30(22-24)36(5,6)8-2)44-21-11-20-38-34(41)29-23-31(27-12-9-10-13-28(27)33(29)40)39-45(42,43)26-17-15-25(37)16-18-26/h9-10,12-19,22-23,39-40H,7-8,11,20-21H2,1-6H3,(H,38,41). The maximum atomic E-state index is 13.2. The molecule has 1 amide bonds. The molecule has 0 atom stereocenters. The van der Waals surface area contributed by atoms with Crippen molar-refractivity contribution in [3.63, 3.8) is 0 Å². The van der Waals surface area contributed by atoms with Gasteiger partial charge in [0.1, 0.15) is 11.5 Å². The number of carbonyl (C=O) groups excluding carboxylic acids is 1. The Kier molecular flexibility index (Phi) is 10.4. The number of ether oxygens (including phenoxy) is 1. The predicted octanol–water partition coefficient (Wildman–Crippen LogP) is 8.57. The highest BCUT2D eigenvalue weighted by atomic mass is 35.5. The number of sulfonamides is 1. The fraction of sp³-hybridized carbons (Fsp3) is 0.361. The van der Waals surface area contributed by atoms with Crippen molar-refractivity contribution in [2.24, 2.45) is 0 Å². The average Bonchev–Trinajstić information content (AvgIpc) is 3.02. The van der Waals surface area contributed by atoms with Gasteiger partial charge in [-0.05, 0) is 72.1 Å². The number of phenols is 1. The van der Waals surface area contributed by atoms with Crippen molar-refractivity contribution in [3.8, 4) is 11.5 Å². The van der Waals surface area contributed by atoms with Gasteiger partial charge in [0.05, 0.1) is 22.8 Å². The van der Waals surface area contributed by atoms with E-state index in [4.69, 9.17) is 16.3 Å². The Labute approximate surface area is 272 Å². The number of anilines is 1. The van der Waals surface area contributed by atoms with Crippen LogP contribution in [-0.2, 0) is 20.9 Å². The molecule has 0 radical (unpaired) electrons. The molecule has 0 unspecified atom stereocenters. The molecule has 0 saturated carbocycles. The van der Waals surface area contributed by atoms with Crippen LogP contribution in [0.2, 0.25) is 5.02 Å². The lowest BCUT2D eigenvalue weighted by Gasteiger charge is -2.30. The summed E-state index contributed by atoms with van der Waals surface area (Å²) in [5.41, 5.74) is 2.58. The summed E-state index contributed by atoms with van der Waals surface area (Å²) in [6.45, 7) is 14.0. The first-order chi connectivity index (χ1) is 21.2. The third-order valence-corrected chi connectivity index (χ3v) is 10.4. The minimum Gasteiger partial charge on any atom is -0.506 e. The van der Waals surface area contributed by atoms with Crippen LogP contribution in [-0.4, -0.2) is 32.6 Å². The van der Waals surface area contributed by atoms with Crippen molar-refractivity contribution in [2.75, 3.05) is 17.9 Å². The molecule has 4 aromatic rings. The fourth-order valence-electron chi connectivity index (χ4n) is 4.99. The molecule has 4 rings (SSSR count). The zero-order valence-corrected chi connectivity index (χ0v) is 28.4. The Morgan fingerprint density at radius 3 is 2.18 bits per heavy atom. The molecular formula is C36H43ClN2O5S. The van der Waals surface area contributed by atoms with E-state index in [2.05, 4.69) is 69.8 Å². The lowest BCUT2D eigenvalue weighted by atomic mass is 9.76. The maximum absolute atomic E-state index is 13.2. The van der Waals surface area contributed by atoms with Gasteiger partial charge in [-0.2, -0.15) is 0 Å². The largest absolute Gasteiger partial charge is 0.506 e. The Morgan fingerprint density at radius 2 is 1.53 bits per heavy atom. The number of benzene rings is 4. The highest BCUT2D eigenvalue weighted by molar-refractivity contribution is 7.92. The first kappa shape index (κ1) is 34.1. The summed E-state index contributed by atoms with van der Waals surface area (Å²) in [7, 11) is -3.99. The predicted molar refractivity (Wildman–Crippen MR) is 183 cm³/mol. The van der Waals surface area contributed by atoms with Gasteiger partial charge in [0.2, 0.25) is 0 Å². The number of phenolic OH excluding ortho intramolecular Hbond substituents is 1. The van der Waals surface area contributed by atoms with Crippen LogP contribution in [0.25, 0.3) is 10.8 Å². The SMILES string of the molecule is CCC(C)(C)c1ccc(OCCCNC(=O)c2cc(NS(=O)(=O)c3ccc(Cl)cc3)c3ccccc3c2O)c(C(C)(C)CC)c1. The summed E-state index contributed by atoms with van der Waals surface area (Å²) >= 11 is 5.93. The van der Waals surface area contributed by atoms with E-state index in [0.717, 1.165) is 18.6 Å². The molecule has 240 valence electrons. The van der Waals surface area contributed by atoms with E-state index in [1.54, 1.807) is 24.3 Å². The Hall–Kier alpha value is -3.75. The summed E-state index contributed by atoms with van der Waals surface area (Å²) in [6.07, 6.45) is 2.52. The third-order valence-electron chi connectivity index (χ3n) is 8.75. The lowest BCUT2D eigenvalue weighted by Crippen LogP contribution is -2.26. The maximum Gasteiger partial charge on any atom is 0.261 e. The zero-order chi connectivity index (χ0) is 33.0. The van der Waals surface area contributed by atoms with Crippen LogP contribution in [0.4, 0.5) is 5.69 Å². The molecule has 0 aliphatic rings. The molecule has 0 aliphatic carbocycles. The first-order valence-electron chi connectivity index (χ1n) is 15.3. The third kappa shape index (κ3) is 7.74. The molecule has 0 saturated heterocycles. The van der Waals surface area contributed by atoms with Crippen LogP contribution in [0.3, 0.4) is 0 Å². The molecule has 45 heavy (non-hydrogen) atoms. The van der Waals surface area contributed by atoms with Crippen molar-refractivity contribution in [2.45, 2.75) is 76.5 Å². The van der Waals surface area contributed by atoms with Crippen LogP contribution in [0, 0.1) is 0 Å². The van der Waals surface area contributed by atoms with Gasteiger partial charge in [-0.1, -0.05) is 89.5 Å². The summed E-state index contributed by atoms with van der Waals surface area (Å²) in [4.78, 5) is 13.3. The van der Waals surface area contributed by atoms with Crippen LogP contribution in [0.5, 0.6) is 11.5 Å². The number of aromatic hydroxyl groups is 1. The molecule has 0 fully saturated rings. The minimum atomic E-state index is -3.99. The van der Waals surface area contributed by atoms with Gasteiger partial charge < -0.3 is 15.2 Å². The van der Waals surface area contributed by atoms with Gasteiger partial charge in [0.15, 0.2) is 0 Å². The molecule has 0 heterocycles. The summed E-state index contributed by atoms with van der Waals surface area (Å²) < 4.78 is 35.1. The summed E-state index contributed by atoms with van der Waals surface area (Å²) in [6, 6.07) is 20.3. The highest BCUT2D eigenvalue weighted by Gasteiger charge is 2.27. The number of halogens is 1. The molecule has 4 aromatic carbocycles. The van der Waals surface area contributed by atoms with Gasteiger partial charge in [0, 0.05) is 27.9 Å². The van der Waals surface area contributed by atoms with E-state index < -0.39 is 15.9 Å². The highest BCUT2D eigenvalue weighted by Crippen LogP contribution is 2.39. The van der Waals surface area contributed by atoms with E-state index >= 15 is 0 Å². The molecule has 3 N–H and O–H groups in total. The van der Waals surface area contributed by atoms with Gasteiger partial charge >= 0.3 is 0 Å². The molecule has 9 heteroatoms. The van der Waals surface area contributed by atoms with Crippen molar-refractivity contribution in [1.82, 2.24) is 5.32 Å². The van der Waals surface area contributed by atoms with E-state index in [1.165, 1.54) is 41.5 Å². The molecule has 0 bridgehead atoms. The van der Waals surface area contributed by atoms with Gasteiger partial charge in [-0.15, -0.1) is 0 Å². The minimum absolute atomic E-state index is 0.0178. The van der Waals surface area contributed by atoms with Crippen LogP contribution < -0.4 is 14.8 Å². The number of rotatable bonds is 13. The number of hydrogen-bond donors (Lipinski definition) is 3. The number of hydrogen-bond acceptors (Lipinski definition) is 5. The number of fused-ring (bicyclic) bond motifs is 1. The second-order valence-corrected chi connectivity index (χ2v) is 14.7. The van der Waals surface area contributed by atoms with Gasteiger partial charge in [0.25, 0.3) is 15.9 Å². The second-order valence-electron chi connectivity index (χ2n) is 12.6. The smallest absolute Gasteiger partial charge is 0.261 e. The lowest BCUT2D eigenvalue weighted by molar-refractivity contribution is 0.0949. The van der Waals surface area contributed by atoms with Crippen LogP contribution in [0.1, 0.15) is 82.3 Å². The summed E-state index contributed by atoms with van der Waals surface area (Å²) in [5.74, 6) is 0.0908. The van der Waals surface area contributed by atoms with Crippen LogP contribution >= 0.6 is 11.6 Å². The topological polar surface area (TPSA) is 105 Å². The van der Waals surface area contributed by atoms with Gasteiger partial charge in [-0.25, -0.2) is 8.42 Å².